The summed E-state index contributed by atoms with van der Waals surface area (Å²) in [4.78, 5) is 21.3. The number of imidazole rings is 1. The molecule has 0 aliphatic carbocycles. The number of ether oxygens (including phenoxy) is 1. The highest BCUT2D eigenvalue weighted by atomic mass is 32.1. The van der Waals surface area contributed by atoms with Crippen molar-refractivity contribution < 1.29 is 9.53 Å². The lowest BCUT2D eigenvalue weighted by atomic mass is 10.2. The summed E-state index contributed by atoms with van der Waals surface area (Å²) in [5, 5.41) is 5.50. The minimum atomic E-state index is 0.0557. The molecule has 3 heterocycles. The number of amides is 1. The Balaban J connectivity index is 1.53. The van der Waals surface area contributed by atoms with Crippen LogP contribution in [0.15, 0.2) is 49.1 Å². The molecule has 31 heavy (non-hydrogen) atoms. The Morgan fingerprint density at radius 3 is 2.74 bits per heavy atom. The molecular formula is C23H27N5O2S. The number of aryl methyl sites for hydroxylation is 3. The number of rotatable bonds is 9. The van der Waals surface area contributed by atoms with Gasteiger partial charge in [0.1, 0.15) is 10.6 Å². The topological polar surface area (TPSA) is 65.2 Å². The molecule has 0 atom stereocenters. The normalized spacial score (nSPS) is 11.2. The second-order valence-electron chi connectivity index (χ2n) is 7.50. The summed E-state index contributed by atoms with van der Waals surface area (Å²) in [5.41, 5.74) is 2.03. The van der Waals surface area contributed by atoms with Crippen molar-refractivity contribution in [3.63, 3.8) is 0 Å². The smallest absolute Gasteiger partial charge is 0.264 e. The zero-order valence-electron chi connectivity index (χ0n) is 18.1. The highest BCUT2D eigenvalue weighted by Gasteiger charge is 2.21. The SMILES string of the molecule is CCOc1ccc(CN(CCCn2ccnc2)C(=O)c2cc3c(C)nn(C)c3s2)cc1. The molecule has 0 saturated heterocycles. The van der Waals surface area contributed by atoms with Gasteiger partial charge in [-0.25, -0.2) is 4.98 Å². The first-order chi connectivity index (χ1) is 15.0. The van der Waals surface area contributed by atoms with Crippen LogP contribution >= 0.6 is 11.3 Å². The first-order valence-corrected chi connectivity index (χ1v) is 11.3. The van der Waals surface area contributed by atoms with Gasteiger partial charge in [-0.3, -0.25) is 9.48 Å². The van der Waals surface area contributed by atoms with Gasteiger partial charge in [-0.05, 0) is 44.0 Å². The van der Waals surface area contributed by atoms with E-state index in [9.17, 15) is 4.79 Å². The first kappa shape index (κ1) is 21.1. The van der Waals surface area contributed by atoms with Crippen molar-refractivity contribution in [1.29, 1.82) is 0 Å². The van der Waals surface area contributed by atoms with Crippen molar-refractivity contribution >= 4 is 27.5 Å². The molecule has 0 spiro atoms. The average Bonchev–Trinajstić information content (AvgIpc) is 3.48. The van der Waals surface area contributed by atoms with Gasteiger partial charge in [-0.1, -0.05) is 12.1 Å². The highest BCUT2D eigenvalue weighted by molar-refractivity contribution is 7.20. The van der Waals surface area contributed by atoms with E-state index < -0.39 is 0 Å². The average molecular weight is 438 g/mol. The number of carbonyl (C=O) groups excluding carboxylic acids is 1. The largest absolute Gasteiger partial charge is 0.494 e. The van der Waals surface area contributed by atoms with Crippen LogP contribution in [-0.2, 0) is 20.1 Å². The van der Waals surface area contributed by atoms with Crippen molar-refractivity contribution in [3.05, 3.63) is 65.2 Å². The van der Waals surface area contributed by atoms with Gasteiger partial charge < -0.3 is 14.2 Å². The number of benzene rings is 1. The number of thiophene rings is 1. The molecule has 4 rings (SSSR count). The molecule has 0 saturated carbocycles. The van der Waals surface area contributed by atoms with Crippen LogP contribution < -0.4 is 4.74 Å². The fourth-order valence-corrected chi connectivity index (χ4v) is 4.75. The van der Waals surface area contributed by atoms with Gasteiger partial charge in [0.25, 0.3) is 5.91 Å². The molecule has 0 fully saturated rings. The van der Waals surface area contributed by atoms with Crippen molar-refractivity contribution in [1.82, 2.24) is 24.2 Å². The Kier molecular flexibility index (Phi) is 6.36. The second kappa shape index (κ2) is 9.34. The predicted octanol–water partition coefficient (Wildman–Crippen LogP) is 4.27. The maximum Gasteiger partial charge on any atom is 0.264 e. The first-order valence-electron chi connectivity index (χ1n) is 10.4. The van der Waals surface area contributed by atoms with Crippen LogP contribution in [-0.4, -0.2) is 43.3 Å². The van der Waals surface area contributed by atoms with Crippen LogP contribution in [0.25, 0.3) is 10.2 Å². The van der Waals surface area contributed by atoms with E-state index in [1.165, 1.54) is 11.3 Å². The molecule has 3 aromatic heterocycles. The maximum atomic E-state index is 13.5. The van der Waals surface area contributed by atoms with Crippen molar-refractivity contribution in [2.45, 2.75) is 33.4 Å². The van der Waals surface area contributed by atoms with E-state index in [2.05, 4.69) is 10.1 Å². The molecule has 0 radical (unpaired) electrons. The Morgan fingerprint density at radius 2 is 2.06 bits per heavy atom. The van der Waals surface area contributed by atoms with Crippen molar-refractivity contribution in [2.24, 2.45) is 7.05 Å². The van der Waals surface area contributed by atoms with Gasteiger partial charge in [-0.2, -0.15) is 5.10 Å². The fourth-order valence-electron chi connectivity index (χ4n) is 3.66. The fraction of sp³-hybridized carbons (Fsp3) is 0.348. The van der Waals surface area contributed by atoms with E-state index in [1.807, 2.05) is 71.6 Å². The van der Waals surface area contributed by atoms with E-state index in [4.69, 9.17) is 4.74 Å². The number of fused-ring (bicyclic) bond motifs is 1. The maximum absolute atomic E-state index is 13.5. The molecule has 8 heteroatoms. The molecule has 0 unspecified atom stereocenters. The summed E-state index contributed by atoms with van der Waals surface area (Å²) in [6.07, 6.45) is 6.38. The van der Waals surface area contributed by atoms with Crippen molar-refractivity contribution in [3.8, 4) is 5.75 Å². The molecule has 0 bridgehead atoms. The second-order valence-corrected chi connectivity index (χ2v) is 8.53. The lowest BCUT2D eigenvalue weighted by molar-refractivity contribution is 0.0744. The molecule has 0 N–H and O–H groups in total. The molecule has 4 aromatic rings. The Morgan fingerprint density at radius 1 is 1.26 bits per heavy atom. The number of nitrogens with zero attached hydrogens (tertiary/aromatic N) is 5. The van der Waals surface area contributed by atoms with E-state index in [0.29, 0.717) is 19.7 Å². The Labute approximate surface area is 185 Å². The summed E-state index contributed by atoms with van der Waals surface area (Å²) in [6, 6.07) is 9.95. The number of aromatic nitrogens is 4. The molecule has 0 aliphatic heterocycles. The van der Waals surface area contributed by atoms with Gasteiger partial charge in [0.05, 0.1) is 23.5 Å². The lowest BCUT2D eigenvalue weighted by Gasteiger charge is -2.22. The number of hydrogen-bond donors (Lipinski definition) is 0. The van der Waals surface area contributed by atoms with E-state index in [1.54, 1.807) is 12.5 Å². The van der Waals surface area contributed by atoms with Crippen LogP contribution in [0.3, 0.4) is 0 Å². The zero-order chi connectivity index (χ0) is 21.8. The third kappa shape index (κ3) is 4.80. The van der Waals surface area contributed by atoms with Crippen LogP contribution in [0.4, 0.5) is 0 Å². The monoisotopic (exact) mass is 437 g/mol. The third-order valence-corrected chi connectivity index (χ3v) is 6.40. The number of carbonyl (C=O) groups is 1. The lowest BCUT2D eigenvalue weighted by Crippen LogP contribution is -2.31. The summed E-state index contributed by atoms with van der Waals surface area (Å²) in [5.74, 6) is 0.900. The molecule has 1 amide bonds. The molecule has 162 valence electrons. The van der Waals surface area contributed by atoms with E-state index >= 15 is 0 Å². The standard InChI is InChI=1S/C23H27N5O2S/c1-4-30-19-8-6-18(7-9-19)15-28(12-5-11-27-13-10-24-16-27)22(29)21-14-20-17(2)25-26(3)23(20)31-21/h6-10,13-14,16H,4-5,11-12,15H2,1-3H3. The predicted molar refractivity (Wildman–Crippen MR) is 123 cm³/mol. The van der Waals surface area contributed by atoms with E-state index in [-0.39, 0.29) is 5.91 Å². The van der Waals surface area contributed by atoms with Crippen LogP contribution in [0.1, 0.15) is 34.3 Å². The summed E-state index contributed by atoms with van der Waals surface area (Å²) < 4.78 is 9.43. The number of hydrogen-bond acceptors (Lipinski definition) is 5. The Hall–Kier alpha value is -3.13. The quantitative estimate of drug-likeness (QED) is 0.392. The molecule has 7 nitrogen and oxygen atoms in total. The molecule has 1 aromatic carbocycles. The Bertz CT molecular complexity index is 1110. The molecule has 0 aliphatic rings. The van der Waals surface area contributed by atoms with Crippen LogP contribution in [0.5, 0.6) is 5.75 Å². The zero-order valence-corrected chi connectivity index (χ0v) is 18.9. The van der Waals surface area contributed by atoms with Gasteiger partial charge in [-0.15, -0.1) is 11.3 Å². The summed E-state index contributed by atoms with van der Waals surface area (Å²) in [6.45, 7) is 6.63. The minimum absolute atomic E-state index is 0.0557. The van der Waals surface area contributed by atoms with Crippen molar-refractivity contribution in [2.75, 3.05) is 13.2 Å². The highest BCUT2D eigenvalue weighted by Crippen LogP contribution is 2.29. The molecular weight excluding hydrogens is 410 g/mol. The summed E-state index contributed by atoms with van der Waals surface area (Å²) >= 11 is 1.51. The minimum Gasteiger partial charge on any atom is -0.494 e. The van der Waals surface area contributed by atoms with Gasteiger partial charge >= 0.3 is 0 Å². The third-order valence-electron chi connectivity index (χ3n) is 5.21. The van der Waals surface area contributed by atoms with Gasteiger partial charge in [0, 0.05) is 44.5 Å². The van der Waals surface area contributed by atoms with Gasteiger partial charge in [0.15, 0.2) is 0 Å². The van der Waals surface area contributed by atoms with E-state index in [0.717, 1.165) is 45.1 Å². The van der Waals surface area contributed by atoms with Crippen LogP contribution in [0.2, 0.25) is 0 Å². The van der Waals surface area contributed by atoms with Crippen LogP contribution in [0, 0.1) is 6.92 Å². The van der Waals surface area contributed by atoms with Gasteiger partial charge in [0.2, 0.25) is 0 Å². The summed E-state index contributed by atoms with van der Waals surface area (Å²) in [7, 11) is 1.92.